The molecule has 1 aliphatic carbocycles. The van der Waals surface area contributed by atoms with Crippen LogP contribution in [0.25, 0.3) is 0 Å². The Hall–Kier alpha value is -0.970. The number of hydrogen-bond acceptors (Lipinski definition) is 3. The van der Waals surface area contributed by atoms with E-state index >= 15 is 0 Å². The molecule has 0 saturated heterocycles. The molecule has 1 atom stereocenters. The van der Waals surface area contributed by atoms with E-state index in [4.69, 9.17) is 0 Å². The summed E-state index contributed by atoms with van der Waals surface area (Å²) < 4.78 is 1.83. The Bertz CT molecular complexity index is 388. The molecule has 1 saturated carbocycles. The molecule has 1 aromatic rings. The van der Waals surface area contributed by atoms with Crippen LogP contribution in [0.1, 0.15) is 51.5 Å². The molecule has 1 aromatic heterocycles. The molecule has 2 rings (SSSR count). The molecular weight excluding hydrogens is 270 g/mol. The van der Waals surface area contributed by atoms with E-state index in [0.29, 0.717) is 0 Å². The molecule has 0 unspecified atom stereocenters. The number of thioether (sulfide) groups is 1. The van der Waals surface area contributed by atoms with E-state index in [1.807, 2.05) is 17.7 Å². The zero-order chi connectivity index (χ0) is 14.2. The van der Waals surface area contributed by atoms with E-state index < -0.39 is 0 Å². The van der Waals surface area contributed by atoms with Crippen LogP contribution in [0.15, 0.2) is 18.7 Å². The van der Waals surface area contributed by atoms with Crippen molar-refractivity contribution in [2.75, 3.05) is 12.3 Å². The lowest BCUT2D eigenvalue weighted by atomic mass is 10.0. The van der Waals surface area contributed by atoms with E-state index in [0.717, 1.165) is 24.0 Å². The van der Waals surface area contributed by atoms with Crippen molar-refractivity contribution < 1.29 is 4.79 Å². The summed E-state index contributed by atoms with van der Waals surface area (Å²) in [6, 6.07) is -0.177. The topological polar surface area (TPSA) is 46.9 Å². The van der Waals surface area contributed by atoms with Crippen LogP contribution in [0.5, 0.6) is 0 Å². The Morgan fingerprint density at radius 2 is 2.25 bits per heavy atom. The van der Waals surface area contributed by atoms with Crippen LogP contribution in [-0.2, 0) is 4.79 Å². The van der Waals surface area contributed by atoms with Crippen LogP contribution in [-0.4, -0.2) is 33.0 Å². The summed E-state index contributed by atoms with van der Waals surface area (Å²) in [5.74, 6) is 1.23. The fourth-order valence-electron chi connectivity index (χ4n) is 2.55. The van der Waals surface area contributed by atoms with Crippen molar-refractivity contribution in [3.05, 3.63) is 18.7 Å². The van der Waals surface area contributed by atoms with E-state index in [2.05, 4.69) is 22.1 Å². The van der Waals surface area contributed by atoms with Gasteiger partial charge in [-0.1, -0.05) is 19.3 Å². The number of hydrogen-bond donors (Lipinski definition) is 1. The Labute approximate surface area is 125 Å². The average Bonchev–Trinajstić information content (AvgIpc) is 3.01. The molecule has 0 aliphatic heterocycles. The highest BCUT2D eigenvalue weighted by Gasteiger charge is 2.14. The predicted molar refractivity (Wildman–Crippen MR) is 83.9 cm³/mol. The second-order valence-corrected chi connectivity index (χ2v) is 6.87. The van der Waals surface area contributed by atoms with Crippen LogP contribution in [0, 0.1) is 0 Å². The standard InChI is InChI=1S/C15H25N3OS/c1-13(18-10-9-16-12-18)15(19)17-8-5-11-20-14-6-3-2-4-7-14/h9-10,12-14H,2-8,11H2,1H3,(H,17,19)/t13-/m1/s1. The van der Waals surface area contributed by atoms with Crippen LogP contribution < -0.4 is 5.32 Å². The Morgan fingerprint density at radius 1 is 1.45 bits per heavy atom. The van der Waals surface area contributed by atoms with Crippen molar-refractivity contribution in [1.82, 2.24) is 14.9 Å². The number of aromatic nitrogens is 2. The fourth-order valence-corrected chi connectivity index (χ4v) is 3.86. The number of carbonyl (C=O) groups is 1. The quantitative estimate of drug-likeness (QED) is 0.787. The molecule has 5 heteroatoms. The molecule has 1 aliphatic rings. The maximum absolute atomic E-state index is 11.9. The van der Waals surface area contributed by atoms with Gasteiger partial charge in [-0.15, -0.1) is 0 Å². The summed E-state index contributed by atoms with van der Waals surface area (Å²) in [6.45, 7) is 2.67. The molecule has 1 fully saturated rings. The molecule has 0 bridgehead atoms. The van der Waals surface area contributed by atoms with Crippen LogP contribution in [0.2, 0.25) is 0 Å². The number of nitrogens with one attached hydrogen (secondary N) is 1. The first-order valence-electron chi connectivity index (χ1n) is 7.64. The number of nitrogens with zero attached hydrogens (tertiary/aromatic N) is 2. The lowest BCUT2D eigenvalue weighted by Gasteiger charge is -2.21. The Kier molecular flexibility index (Phi) is 6.43. The maximum atomic E-state index is 11.9. The molecule has 1 amide bonds. The summed E-state index contributed by atoms with van der Waals surface area (Å²) in [5.41, 5.74) is 0. The van der Waals surface area contributed by atoms with Gasteiger partial charge in [-0.3, -0.25) is 4.79 Å². The second-order valence-electron chi connectivity index (χ2n) is 5.46. The van der Waals surface area contributed by atoms with Crippen molar-refractivity contribution in [2.45, 2.75) is 56.7 Å². The third kappa shape index (κ3) is 4.85. The third-order valence-corrected chi connectivity index (χ3v) is 5.34. The van der Waals surface area contributed by atoms with Crippen molar-refractivity contribution in [3.63, 3.8) is 0 Å². The van der Waals surface area contributed by atoms with Gasteiger partial charge in [-0.25, -0.2) is 4.98 Å². The minimum absolute atomic E-state index is 0.0747. The number of rotatable bonds is 7. The van der Waals surface area contributed by atoms with Gasteiger partial charge in [0.25, 0.3) is 0 Å². The monoisotopic (exact) mass is 295 g/mol. The van der Waals surface area contributed by atoms with Gasteiger partial charge in [0.05, 0.1) is 6.33 Å². The first-order chi connectivity index (χ1) is 9.77. The maximum Gasteiger partial charge on any atom is 0.242 e. The molecule has 1 N–H and O–H groups in total. The predicted octanol–water partition coefficient (Wildman–Crippen LogP) is 3.02. The first kappa shape index (κ1) is 15.4. The lowest BCUT2D eigenvalue weighted by molar-refractivity contribution is -0.123. The summed E-state index contributed by atoms with van der Waals surface area (Å²) in [6.07, 6.45) is 13.2. The summed E-state index contributed by atoms with van der Waals surface area (Å²) in [7, 11) is 0. The minimum Gasteiger partial charge on any atom is -0.354 e. The zero-order valence-corrected chi connectivity index (χ0v) is 13.1. The van der Waals surface area contributed by atoms with Crippen LogP contribution >= 0.6 is 11.8 Å². The molecule has 4 nitrogen and oxygen atoms in total. The summed E-state index contributed by atoms with van der Waals surface area (Å²) >= 11 is 2.09. The molecular formula is C15H25N3OS. The molecule has 1 heterocycles. The first-order valence-corrected chi connectivity index (χ1v) is 8.69. The van der Waals surface area contributed by atoms with Gasteiger partial charge in [-0.2, -0.15) is 11.8 Å². The summed E-state index contributed by atoms with van der Waals surface area (Å²) in [5, 5.41) is 3.87. The molecule has 0 spiro atoms. The van der Waals surface area contributed by atoms with E-state index in [-0.39, 0.29) is 11.9 Å². The minimum atomic E-state index is -0.177. The molecule has 0 radical (unpaired) electrons. The highest BCUT2D eigenvalue weighted by molar-refractivity contribution is 7.99. The number of imidazole rings is 1. The van der Waals surface area contributed by atoms with Gasteiger partial charge in [0.2, 0.25) is 5.91 Å². The van der Waals surface area contributed by atoms with Crippen molar-refractivity contribution in [3.8, 4) is 0 Å². The van der Waals surface area contributed by atoms with Crippen LogP contribution in [0.3, 0.4) is 0 Å². The number of carbonyl (C=O) groups excluding carboxylic acids is 1. The lowest BCUT2D eigenvalue weighted by Crippen LogP contribution is -2.31. The van der Waals surface area contributed by atoms with Gasteiger partial charge in [0.1, 0.15) is 6.04 Å². The van der Waals surface area contributed by atoms with Crippen molar-refractivity contribution in [2.24, 2.45) is 0 Å². The number of amides is 1. The van der Waals surface area contributed by atoms with Crippen molar-refractivity contribution in [1.29, 1.82) is 0 Å². The molecule has 112 valence electrons. The van der Waals surface area contributed by atoms with Gasteiger partial charge in [0.15, 0.2) is 0 Å². The van der Waals surface area contributed by atoms with Gasteiger partial charge in [0, 0.05) is 24.2 Å². The third-order valence-electron chi connectivity index (χ3n) is 3.88. The largest absolute Gasteiger partial charge is 0.354 e. The Balaban J connectivity index is 1.55. The highest BCUT2D eigenvalue weighted by Crippen LogP contribution is 2.28. The normalized spacial score (nSPS) is 17.9. The van der Waals surface area contributed by atoms with Gasteiger partial charge in [-0.05, 0) is 31.9 Å². The zero-order valence-electron chi connectivity index (χ0n) is 12.3. The average molecular weight is 295 g/mol. The second kappa shape index (κ2) is 8.35. The van der Waals surface area contributed by atoms with Crippen LogP contribution in [0.4, 0.5) is 0 Å². The van der Waals surface area contributed by atoms with Crippen molar-refractivity contribution >= 4 is 17.7 Å². The molecule has 0 aromatic carbocycles. The van der Waals surface area contributed by atoms with E-state index in [1.165, 1.54) is 32.1 Å². The Morgan fingerprint density at radius 3 is 2.95 bits per heavy atom. The highest BCUT2D eigenvalue weighted by atomic mass is 32.2. The summed E-state index contributed by atoms with van der Waals surface area (Å²) in [4.78, 5) is 15.9. The van der Waals surface area contributed by atoms with Gasteiger partial charge >= 0.3 is 0 Å². The van der Waals surface area contributed by atoms with E-state index in [9.17, 15) is 4.79 Å². The SMILES string of the molecule is C[C@H](C(=O)NCCCSC1CCCCC1)n1ccnc1. The van der Waals surface area contributed by atoms with Gasteiger partial charge < -0.3 is 9.88 Å². The smallest absolute Gasteiger partial charge is 0.242 e. The van der Waals surface area contributed by atoms with E-state index in [1.54, 1.807) is 12.5 Å². The molecule has 20 heavy (non-hydrogen) atoms. The fraction of sp³-hybridized carbons (Fsp3) is 0.733.